The molecule has 1 fully saturated rings. The van der Waals surface area contributed by atoms with E-state index in [9.17, 15) is 13.2 Å². The Balaban J connectivity index is 1.55. The minimum Gasteiger partial charge on any atom is -0.494 e. The molecule has 0 bridgehead atoms. The number of hydrogen-bond acceptors (Lipinski definition) is 4. The molecule has 1 amide bonds. The highest BCUT2D eigenvalue weighted by Gasteiger charge is 2.32. The molecule has 2 aromatic rings. The van der Waals surface area contributed by atoms with E-state index in [0.29, 0.717) is 54.9 Å². The molecule has 9 heteroatoms. The summed E-state index contributed by atoms with van der Waals surface area (Å²) >= 11 is 12.0. The van der Waals surface area contributed by atoms with Gasteiger partial charge in [-0.3, -0.25) is 4.79 Å². The summed E-state index contributed by atoms with van der Waals surface area (Å²) in [5.74, 6) is 0.301. The number of halogens is 2. The molecule has 0 radical (unpaired) electrons. The molecule has 162 valence electrons. The van der Waals surface area contributed by atoms with Crippen molar-refractivity contribution in [2.24, 2.45) is 5.92 Å². The summed E-state index contributed by atoms with van der Waals surface area (Å²) in [7, 11) is -3.59. The fourth-order valence-electron chi connectivity index (χ4n) is 3.37. The van der Waals surface area contributed by atoms with Gasteiger partial charge in [-0.25, -0.2) is 8.42 Å². The lowest BCUT2D eigenvalue weighted by atomic mass is 9.97. The van der Waals surface area contributed by atoms with Gasteiger partial charge in [0, 0.05) is 35.6 Å². The monoisotopic (exact) mass is 470 g/mol. The third kappa shape index (κ3) is 5.46. The Kier molecular flexibility index (Phi) is 7.63. The van der Waals surface area contributed by atoms with Crippen LogP contribution >= 0.6 is 23.2 Å². The van der Waals surface area contributed by atoms with Crippen molar-refractivity contribution in [1.82, 2.24) is 9.62 Å². The molecule has 0 saturated carbocycles. The molecule has 0 spiro atoms. The first-order valence-corrected chi connectivity index (χ1v) is 12.0. The summed E-state index contributed by atoms with van der Waals surface area (Å²) in [6.45, 7) is 3.30. The number of piperidine rings is 1. The van der Waals surface area contributed by atoms with E-state index in [1.807, 2.05) is 6.92 Å². The summed E-state index contributed by atoms with van der Waals surface area (Å²) < 4.78 is 32.5. The van der Waals surface area contributed by atoms with E-state index in [1.165, 1.54) is 4.31 Å². The minimum atomic E-state index is -3.59. The molecule has 3 rings (SSSR count). The van der Waals surface area contributed by atoms with Crippen LogP contribution in [-0.2, 0) is 21.4 Å². The van der Waals surface area contributed by atoms with E-state index in [1.54, 1.807) is 42.5 Å². The van der Waals surface area contributed by atoms with Crippen LogP contribution in [0.5, 0.6) is 5.75 Å². The van der Waals surface area contributed by atoms with Crippen molar-refractivity contribution in [1.29, 1.82) is 0 Å². The van der Waals surface area contributed by atoms with Gasteiger partial charge in [-0.2, -0.15) is 4.31 Å². The number of amides is 1. The Labute approximate surface area is 187 Å². The van der Waals surface area contributed by atoms with Crippen molar-refractivity contribution in [2.45, 2.75) is 31.2 Å². The average molecular weight is 471 g/mol. The van der Waals surface area contributed by atoms with Crippen LogP contribution in [0.2, 0.25) is 10.0 Å². The van der Waals surface area contributed by atoms with E-state index >= 15 is 0 Å². The molecule has 1 aliphatic heterocycles. The van der Waals surface area contributed by atoms with Crippen molar-refractivity contribution in [2.75, 3.05) is 19.7 Å². The van der Waals surface area contributed by atoms with Crippen molar-refractivity contribution >= 4 is 39.1 Å². The Morgan fingerprint density at radius 3 is 2.40 bits per heavy atom. The van der Waals surface area contributed by atoms with Gasteiger partial charge in [0.2, 0.25) is 15.9 Å². The molecule has 0 aromatic heterocycles. The second kappa shape index (κ2) is 10.0. The van der Waals surface area contributed by atoms with Crippen LogP contribution in [0.3, 0.4) is 0 Å². The SMILES string of the molecule is CCOc1ccc(S(=O)(=O)N2CCC(C(=O)NCc3ccc(Cl)cc3Cl)CC2)cc1. The number of nitrogens with one attached hydrogen (secondary N) is 1. The van der Waals surface area contributed by atoms with E-state index < -0.39 is 10.0 Å². The van der Waals surface area contributed by atoms with Crippen molar-refractivity contribution in [3.8, 4) is 5.75 Å². The topological polar surface area (TPSA) is 75.7 Å². The van der Waals surface area contributed by atoms with Gasteiger partial charge in [0.15, 0.2) is 0 Å². The number of nitrogens with zero attached hydrogens (tertiary/aromatic N) is 1. The zero-order valence-corrected chi connectivity index (χ0v) is 18.9. The van der Waals surface area contributed by atoms with E-state index in [4.69, 9.17) is 27.9 Å². The highest BCUT2D eigenvalue weighted by Crippen LogP contribution is 2.26. The number of rotatable bonds is 7. The third-order valence-corrected chi connectivity index (χ3v) is 7.57. The molecule has 0 aliphatic carbocycles. The summed E-state index contributed by atoms with van der Waals surface area (Å²) in [6.07, 6.45) is 0.937. The highest BCUT2D eigenvalue weighted by atomic mass is 35.5. The number of carbonyl (C=O) groups is 1. The van der Waals surface area contributed by atoms with Crippen LogP contribution in [0.15, 0.2) is 47.4 Å². The maximum Gasteiger partial charge on any atom is 0.243 e. The molecule has 1 heterocycles. The number of carbonyl (C=O) groups excluding carboxylic acids is 1. The van der Waals surface area contributed by atoms with Crippen LogP contribution in [0.25, 0.3) is 0 Å². The number of hydrogen-bond donors (Lipinski definition) is 1. The zero-order valence-electron chi connectivity index (χ0n) is 16.6. The molecule has 0 unspecified atom stereocenters. The van der Waals surface area contributed by atoms with Crippen molar-refractivity contribution in [3.63, 3.8) is 0 Å². The quantitative estimate of drug-likeness (QED) is 0.660. The first-order valence-electron chi connectivity index (χ1n) is 9.76. The van der Waals surface area contributed by atoms with Gasteiger partial charge >= 0.3 is 0 Å². The Morgan fingerprint density at radius 2 is 1.80 bits per heavy atom. The molecule has 6 nitrogen and oxygen atoms in total. The fourth-order valence-corrected chi connectivity index (χ4v) is 5.32. The third-order valence-electron chi connectivity index (χ3n) is 5.07. The smallest absolute Gasteiger partial charge is 0.243 e. The van der Waals surface area contributed by atoms with Gasteiger partial charge in [0.05, 0.1) is 11.5 Å². The van der Waals surface area contributed by atoms with Gasteiger partial charge in [0.1, 0.15) is 5.75 Å². The molecule has 1 saturated heterocycles. The van der Waals surface area contributed by atoms with Gasteiger partial charge < -0.3 is 10.1 Å². The number of benzene rings is 2. The lowest BCUT2D eigenvalue weighted by molar-refractivity contribution is -0.126. The molecule has 1 N–H and O–H groups in total. The predicted molar refractivity (Wildman–Crippen MR) is 117 cm³/mol. The first-order chi connectivity index (χ1) is 14.3. The van der Waals surface area contributed by atoms with Crippen LogP contribution in [0.1, 0.15) is 25.3 Å². The average Bonchev–Trinajstić information content (AvgIpc) is 2.73. The van der Waals surface area contributed by atoms with E-state index in [2.05, 4.69) is 5.32 Å². The van der Waals surface area contributed by atoms with Crippen molar-refractivity contribution in [3.05, 3.63) is 58.1 Å². The molecule has 30 heavy (non-hydrogen) atoms. The highest BCUT2D eigenvalue weighted by molar-refractivity contribution is 7.89. The second-order valence-electron chi connectivity index (χ2n) is 7.04. The number of sulfonamides is 1. The zero-order chi connectivity index (χ0) is 21.7. The second-order valence-corrected chi connectivity index (χ2v) is 9.82. The summed E-state index contributed by atoms with van der Waals surface area (Å²) in [4.78, 5) is 12.7. The fraction of sp³-hybridized carbons (Fsp3) is 0.381. The molecule has 2 aromatic carbocycles. The van der Waals surface area contributed by atoms with Crippen molar-refractivity contribution < 1.29 is 17.9 Å². The Hall–Kier alpha value is -1.80. The molecule has 1 aliphatic rings. The predicted octanol–water partition coefficient (Wildman–Crippen LogP) is 4.11. The molecular weight excluding hydrogens is 447 g/mol. The maximum absolute atomic E-state index is 12.9. The Bertz CT molecular complexity index is 989. The first kappa shape index (κ1) is 22.9. The van der Waals surface area contributed by atoms with Gasteiger partial charge in [-0.1, -0.05) is 29.3 Å². The van der Waals surface area contributed by atoms with Gasteiger partial charge in [-0.15, -0.1) is 0 Å². The summed E-state index contributed by atoms with van der Waals surface area (Å²) in [5, 5.41) is 3.92. The van der Waals surface area contributed by atoms with Crippen LogP contribution in [-0.4, -0.2) is 38.3 Å². The molecular formula is C21H24Cl2N2O4S. The van der Waals surface area contributed by atoms with E-state index in [-0.39, 0.29) is 16.7 Å². The minimum absolute atomic E-state index is 0.0980. The van der Waals surface area contributed by atoms with Crippen LogP contribution in [0.4, 0.5) is 0 Å². The number of ether oxygens (including phenoxy) is 1. The summed E-state index contributed by atoms with van der Waals surface area (Å²) in [5.41, 5.74) is 0.782. The summed E-state index contributed by atoms with van der Waals surface area (Å²) in [6, 6.07) is 11.5. The lowest BCUT2D eigenvalue weighted by Crippen LogP contribution is -2.42. The van der Waals surface area contributed by atoms with E-state index in [0.717, 1.165) is 5.56 Å². The van der Waals surface area contributed by atoms with Gasteiger partial charge in [0.25, 0.3) is 0 Å². The van der Waals surface area contributed by atoms with Crippen LogP contribution < -0.4 is 10.1 Å². The van der Waals surface area contributed by atoms with Crippen LogP contribution in [0, 0.1) is 5.92 Å². The Morgan fingerprint density at radius 1 is 1.13 bits per heavy atom. The maximum atomic E-state index is 12.9. The largest absolute Gasteiger partial charge is 0.494 e. The van der Waals surface area contributed by atoms with Gasteiger partial charge in [-0.05, 0) is 61.7 Å². The standard InChI is InChI=1S/C21H24Cl2N2O4S/c1-2-29-18-5-7-19(8-6-18)30(27,28)25-11-9-15(10-12-25)21(26)24-14-16-3-4-17(22)13-20(16)23/h3-8,13,15H,2,9-12,14H2,1H3,(H,24,26). The normalized spacial score (nSPS) is 15.7. The molecule has 0 atom stereocenters. The lowest BCUT2D eigenvalue weighted by Gasteiger charge is -2.30.